The number of anilines is 1. The summed E-state index contributed by atoms with van der Waals surface area (Å²) in [5, 5.41) is 2.82. The van der Waals surface area contributed by atoms with E-state index < -0.39 is 5.91 Å². The average molecular weight is 423 g/mol. The topological polar surface area (TPSA) is 95.7 Å². The predicted molar refractivity (Wildman–Crippen MR) is 121 cm³/mol. The van der Waals surface area contributed by atoms with E-state index in [-0.39, 0.29) is 24.4 Å². The highest BCUT2D eigenvalue weighted by Crippen LogP contribution is 2.20. The number of para-hydroxylation sites is 1. The van der Waals surface area contributed by atoms with Crippen LogP contribution in [-0.2, 0) is 4.79 Å². The van der Waals surface area contributed by atoms with Gasteiger partial charge in [0.1, 0.15) is 0 Å². The van der Waals surface area contributed by atoms with E-state index in [1.807, 2.05) is 35.2 Å². The van der Waals surface area contributed by atoms with Crippen LogP contribution in [0, 0.1) is 0 Å². The Labute approximate surface area is 183 Å². The second kappa shape index (κ2) is 10.7. The van der Waals surface area contributed by atoms with Crippen molar-refractivity contribution in [1.82, 2.24) is 9.80 Å². The van der Waals surface area contributed by atoms with Crippen LogP contribution in [0.5, 0.6) is 0 Å². The van der Waals surface area contributed by atoms with Gasteiger partial charge in [-0.05, 0) is 50.1 Å². The van der Waals surface area contributed by atoms with Crippen molar-refractivity contribution in [2.75, 3.05) is 31.5 Å². The van der Waals surface area contributed by atoms with Crippen molar-refractivity contribution in [1.29, 1.82) is 0 Å². The molecule has 31 heavy (non-hydrogen) atoms. The highest BCUT2D eigenvalue weighted by atomic mass is 16.2. The maximum absolute atomic E-state index is 12.7. The maximum Gasteiger partial charge on any atom is 0.253 e. The summed E-state index contributed by atoms with van der Waals surface area (Å²) in [5.41, 5.74) is 6.84. The zero-order chi connectivity index (χ0) is 22.2. The Kier molecular flexibility index (Phi) is 7.78. The van der Waals surface area contributed by atoms with Crippen LogP contribution in [0.3, 0.4) is 0 Å². The second-order valence-electron chi connectivity index (χ2n) is 7.82. The zero-order valence-electron chi connectivity index (χ0n) is 17.9. The molecule has 2 aromatic carbocycles. The van der Waals surface area contributed by atoms with E-state index in [9.17, 15) is 14.4 Å². The molecule has 3 amide bonds. The number of carbonyl (C=O) groups is 3. The molecule has 3 N–H and O–H groups in total. The number of hydrogen-bond donors (Lipinski definition) is 2. The van der Waals surface area contributed by atoms with Crippen LogP contribution >= 0.6 is 0 Å². The van der Waals surface area contributed by atoms with Crippen molar-refractivity contribution in [3.63, 3.8) is 0 Å². The summed E-state index contributed by atoms with van der Waals surface area (Å²) in [6, 6.07) is 16.3. The zero-order valence-corrected chi connectivity index (χ0v) is 17.9. The van der Waals surface area contributed by atoms with Gasteiger partial charge < -0.3 is 16.0 Å². The Morgan fingerprint density at radius 1 is 1.03 bits per heavy atom. The van der Waals surface area contributed by atoms with E-state index >= 15 is 0 Å². The molecule has 0 spiro atoms. The summed E-state index contributed by atoms with van der Waals surface area (Å²) in [5.74, 6) is -0.691. The van der Waals surface area contributed by atoms with E-state index in [1.165, 1.54) is 0 Å². The molecule has 0 saturated carbocycles. The number of primary amides is 1. The molecule has 1 fully saturated rings. The van der Waals surface area contributed by atoms with Crippen LogP contribution in [0.25, 0.3) is 0 Å². The molecule has 2 aromatic rings. The normalized spacial score (nSPS) is 14.5. The Bertz CT molecular complexity index is 908. The summed E-state index contributed by atoms with van der Waals surface area (Å²) >= 11 is 0. The summed E-state index contributed by atoms with van der Waals surface area (Å²) in [6.45, 7) is 4.46. The van der Waals surface area contributed by atoms with E-state index in [0.29, 0.717) is 29.9 Å². The first-order valence-electron chi connectivity index (χ1n) is 10.8. The first-order chi connectivity index (χ1) is 15.0. The summed E-state index contributed by atoms with van der Waals surface area (Å²) in [7, 11) is 0. The van der Waals surface area contributed by atoms with Gasteiger partial charge >= 0.3 is 0 Å². The lowest BCUT2D eigenvalue weighted by atomic mass is 10.0. The molecule has 7 heteroatoms. The predicted octanol–water partition coefficient (Wildman–Crippen LogP) is 2.74. The molecule has 0 radical (unpaired) electrons. The fourth-order valence-electron chi connectivity index (χ4n) is 4.06. The molecular formula is C24H30N4O3. The van der Waals surface area contributed by atoms with Crippen molar-refractivity contribution in [3.8, 4) is 0 Å². The highest BCUT2D eigenvalue weighted by Gasteiger charge is 2.28. The van der Waals surface area contributed by atoms with Gasteiger partial charge in [0, 0.05) is 24.7 Å². The number of rotatable bonds is 8. The number of carbonyl (C=O) groups excluding carboxylic acids is 3. The number of nitrogens with two attached hydrogens (primary N) is 1. The number of piperidine rings is 1. The molecule has 0 atom stereocenters. The molecule has 7 nitrogen and oxygen atoms in total. The smallest absolute Gasteiger partial charge is 0.253 e. The lowest BCUT2D eigenvalue weighted by Gasteiger charge is -2.38. The van der Waals surface area contributed by atoms with Crippen molar-refractivity contribution < 1.29 is 14.4 Å². The number of hydrogen-bond acceptors (Lipinski definition) is 4. The molecule has 1 aliphatic rings. The monoisotopic (exact) mass is 422 g/mol. The van der Waals surface area contributed by atoms with Gasteiger partial charge in [-0.25, -0.2) is 0 Å². The third kappa shape index (κ3) is 5.92. The number of nitrogens with one attached hydrogen (secondary N) is 1. The van der Waals surface area contributed by atoms with Crippen LogP contribution in [-0.4, -0.2) is 59.7 Å². The molecule has 0 aromatic heterocycles. The molecular weight excluding hydrogens is 392 g/mol. The Morgan fingerprint density at radius 3 is 2.32 bits per heavy atom. The fraction of sp³-hybridized carbons (Fsp3) is 0.375. The summed E-state index contributed by atoms with van der Waals surface area (Å²) < 4.78 is 0. The lowest BCUT2D eigenvalue weighted by Crippen LogP contribution is -2.49. The number of benzene rings is 2. The number of amides is 3. The van der Waals surface area contributed by atoms with Gasteiger partial charge in [-0.1, -0.05) is 37.3 Å². The van der Waals surface area contributed by atoms with Crippen molar-refractivity contribution >= 4 is 23.4 Å². The molecule has 1 saturated heterocycles. The SMILES string of the molecule is CCCN(CC(=O)Nc1ccccc1C(N)=O)C1CCN(C(=O)c2ccccc2)CC1. The number of nitrogens with zero attached hydrogens (tertiary/aromatic N) is 2. The van der Waals surface area contributed by atoms with Crippen molar-refractivity contribution in [2.24, 2.45) is 5.73 Å². The van der Waals surface area contributed by atoms with Crippen molar-refractivity contribution in [3.05, 3.63) is 65.7 Å². The molecule has 0 unspecified atom stereocenters. The summed E-state index contributed by atoms with van der Waals surface area (Å²) in [4.78, 5) is 41.0. The first kappa shape index (κ1) is 22.5. The van der Waals surface area contributed by atoms with Gasteiger partial charge in [-0.3, -0.25) is 19.3 Å². The van der Waals surface area contributed by atoms with E-state index in [1.54, 1.807) is 24.3 Å². The summed E-state index contributed by atoms with van der Waals surface area (Å²) in [6.07, 6.45) is 2.57. The first-order valence-corrected chi connectivity index (χ1v) is 10.8. The lowest BCUT2D eigenvalue weighted by molar-refractivity contribution is -0.118. The highest BCUT2D eigenvalue weighted by molar-refractivity contribution is 6.03. The largest absolute Gasteiger partial charge is 0.366 e. The molecule has 0 aliphatic carbocycles. The number of likely N-dealkylation sites (tertiary alicyclic amines) is 1. The standard InChI is InChI=1S/C24H30N4O3/c1-2-14-28(17-22(29)26-21-11-7-6-10-20(21)23(25)30)19-12-15-27(16-13-19)24(31)18-8-4-3-5-9-18/h3-11,19H,2,12-17H2,1H3,(H2,25,30)(H,26,29). The maximum atomic E-state index is 12.7. The van der Waals surface area contributed by atoms with Crippen LogP contribution in [0.1, 0.15) is 46.9 Å². The Morgan fingerprint density at radius 2 is 1.68 bits per heavy atom. The molecule has 164 valence electrons. The molecule has 3 rings (SSSR count). The van der Waals surface area contributed by atoms with Crippen LogP contribution < -0.4 is 11.1 Å². The minimum Gasteiger partial charge on any atom is -0.366 e. The molecule has 0 bridgehead atoms. The minimum atomic E-state index is -0.572. The fourth-order valence-corrected chi connectivity index (χ4v) is 4.06. The van der Waals surface area contributed by atoms with E-state index in [4.69, 9.17) is 5.73 Å². The average Bonchev–Trinajstić information content (AvgIpc) is 2.79. The quantitative estimate of drug-likeness (QED) is 0.684. The van der Waals surface area contributed by atoms with E-state index in [0.717, 1.165) is 25.8 Å². The third-order valence-corrected chi connectivity index (χ3v) is 5.61. The van der Waals surface area contributed by atoms with Gasteiger partial charge in [-0.15, -0.1) is 0 Å². The Balaban J connectivity index is 1.58. The van der Waals surface area contributed by atoms with Crippen LogP contribution in [0.2, 0.25) is 0 Å². The van der Waals surface area contributed by atoms with Crippen molar-refractivity contribution in [2.45, 2.75) is 32.2 Å². The minimum absolute atomic E-state index is 0.0573. The van der Waals surface area contributed by atoms with Crippen LogP contribution in [0.15, 0.2) is 54.6 Å². The van der Waals surface area contributed by atoms with Gasteiger partial charge in [0.25, 0.3) is 11.8 Å². The molecule has 1 aliphatic heterocycles. The Hall–Kier alpha value is -3.19. The second-order valence-corrected chi connectivity index (χ2v) is 7.82. The van der Waals surface area contributed by atoms with Gasteiger partial charge in [0.05, 0.1) is 17.8 Å². The van der Waals surface area contributed by atoms with Gasteiger partial charge in [0.2, 0.25) is 5.91 Å². The van der Waals surface area contributed by atoms with Gasteiger partial charge in [-0.2, -0.15) is 0 Å². The van der Waals surface area contributed by atoms with E-state index in [2.05, 4.69) is 17.1 Å². The molecule has 1 heterocycles. The van der Waals surface area contributed by atoms with Gasteiger partial charge in [0.15, 0.2) is 0 Å². The third-order valence-electron chi connectivity index (χ3n) is 5.61. The van der Waals surface area contributed by atoms with Crippen LogP contribution in [0.4, 0.5) is 5.69 Å².